The Morgan fingerprint density at radius 3 is 0.590 bits per heavy atom. The SMILES string of the molecule is CCCCCCCCCCCCCCCCCCCCCCCCC(=O)O[C@H](COC(=O)CCCCCCCCCCCCCCCCCCCCCC)COP(=O)(O)OC[C@@H](O)COP(=O)(O)OC[C@@H](COC(=O)CCCCCCCCCC)OC(=O)CCCCCCCCCCCC. The number of carbonyl (C=O) groups excluding carboxylic acids is 4. The van der Waals surface area contributed by atoms with Crippen molar-refractivity contribution < 1.29 is 80.2 Å². The first-order chi connectivity index (χ1) is 48.7. The second-order valence-electron chi connectivity index (χ2n) is 29.2. The summed E-state index contributed by atoms with van der Waals surface area (Å²) in [6, 6.07) is 0. The van der Waals surface area contributed by atoms with E-state index in [2.05, 4.69) is 27.7 Å². The van der Waals surface area contributed by atoms with Gasteiger partial charge in [-0.05, 0) is 25.7 Å². The van der Waals surface area contributed by atoms with Crippen LogP contribution in [0.15, 0.2) is 0 Å². The Balaban J connectivity index is 5.14. The highest BCUT2D eigenvalue weighted by atomic mass is 31.2. The third kappa shape index (κ3) is 74.3. The van der Waals surface area contributed by atoms with Gasteiger partial charge in [0, 0.05) is 25.7 Å². The summed E-state index contributed by atoms with van der Waals surface area (Å²) >= 11 is 0. The molecule has 100 heavy (non-hydrogen) atoms. The number of phosphoric acid groups is 2. The molecular weight excluding hydrogens is 1310 g/mol. The van der Waals surface area contributed by atoms with Crippen LogP contribution < -0.4 is 0 Å². The molecule has 2 unspecified atom stereocenters. The maximum absolute atomic E-state index is 13.1. The fourth-order valence-electron chi connectivity index (χ4n) is 12.6. The summed E-state index contributed by atoms with van der Waals surface area (Å²) < 4.78 is 68.5. The van der Waals surface area contributed by atoms with Crippen molar-refractivity contribution in [3.05, 3.63) is 0 Å². The molecule has 0 fully saturated rings. The third-order valence-electron chi connectivity index (χ3n) is 19.1. The van der Waals surface area contributed by atoms with Crippen LogP contribution in [0.4, 0.5) is 0 Å². The molecule has 0 aromatic heterocycles. The Morgan fingerprint density at radius 1 is 0.240 bits per heavy atom. The molecule has 0 rings (SSSR count). The van der Waals surface area contributed by atoms with Crippen LogP contribution in [0.1, 0.15) is 439 Å². The molecule has 17 nitrogen and oxygen atoms in total. The van der Waals surface area contributed by atoms with Crippen molar-refractivity contribution in [1.82, 2.24) is 0 Å². The smallest absolute Gasteiger partial charge is 0.462 e. The zero-order valence-corrected chi connectivity index (χ0v) is 67.0. The molecule has 0 bridgehead atoms. The summed E-state index contributed by atoms with van der Waals surface area (Å²) in [7, 11) is -9.91. The normalized spacial score (nSPS) is 13.8. The maximum atomic E-state index is 13.1. The molecule has 5 atom stereocenters. The van der Waals surface area contributed by atoms with Gasteiger partial charge in [0.15, 0.2) is 12.2 Å². The molecule has 0 amide bonds. The molecule has 0 spiro atoms. The Hall–Kier alpha value is -1.94. The Bertz CT molecular complexity index is 1890. The van der Waals surface area contributed by atoms with Crippen LogP contribution in [0.25, 0.3) is 0 Å². The number of phosphoric ester groups is 2. The highest BCUT2D eigenvalue weighted by Crippen LogP contribution is 2.45. The lowest BCUT2D eigenvalue weighted by molar-refractivity contribution is -0.161. The first-order valence-corrected chi connectivity index (χ1v) is 45.3. The molecule has 594 valence electrons. The number of aliphatic hydroxyl groups is 1. The van der Waals surface area contributed by atoms with Crippen molar-refractivity contribution in [2.75, 3.05) is 39.6 Å². The summed E-state index contributed by atoms with van der Waals surface area (Å²) in [5.41, 5.74) is 0. The van der Waals surface area contributed by atoms with E-state index >= 15 is 0 Å². The van der Waals surface area contributed by atoms with Crippen molar-refractivity contribution in [2.45, 2.75) is 457 Å². The van der Waals surface area contributed by atoms with E-state index in [0.717, 1.165) is 96.3 Å². The van der Waals surface area contributed by atoms with Crippen molar-refractivity contribution >= 4 is 39.5 Å². The molecule has 0 aliphatic heterocycles. The standard InChI is InChI=1S/C81H158O17P2/c1-5-9-13-17-21-25-28-30-32-34-36-38-39-41-43-45-47-49-52-56-60-64-68-81(86)98-77(72-92-79(84)66-62-58-54-51-48-46-44-42-40-37-35-33-31-29-26-22-18-14-10-6-2)74-96-100(89,90)94-70-75(82)69-93-99(87,88)95-73-76(71-91-78(83)65-61-57-53-24-20-16-12-8-4)97-80(85)67-63-59-55-50-27-23-19-15-11-7-3/h75-77,82H,5-74H2,1-4H3,(H,87,88)(H,89,90)/t75-,76+,77+/m0/s1. The van der Waals surface area contributed by atoms with Crippen LogP contribution in [0.2, 0.25) is 0 Å². The predicted molar refractivity (Wildman–Crippen MR) is 409 cm³/mol. The quantitative estimate of drug-likeness (QED) is 0.0222. The lowest BCUT2D eigenvalue weighted by Crippen LogP contribution is -2.30. The molecular formula is C81H158O17P2. The van der Waals surface area contributed by atoms with Gasteiger partial charge in [-0.15, -0.1) is 0 Å². The number of unbranched alkanes of at least 4 members (excludes halogenated alkanes) is 56. The highest BCUT2D eigenvalue weighted by Gasteiger charge is 2.30. The summed E-state index contributed by atoms with van der Waals surface area (Å²) in [4.78, 5) is 72.8. The average Bonchev–Trinajstić information content (AvgIpc) is 0.944. The third-order valence-corrected chi connectivity index (χ3v) is 21.0. The Morgan fingerprint density at radius 2 is 0.400 bits per heavy atom. The molecule has 0 saturated heterocycles. The summed E-state index contributed by atoms with van der Waals surface area (Å²) in [6.07, 6.45) is 68.4. The largest absolute Gasteiger partial charge is 0.472 e. The lowest BCUT2D eigenvalue weighted by atomic mass is 10.0. The zero-order valence-electron chi connectivity index (χ0n) is 65.2. The van der Waals surface area contributed by atoms with E-state index < -0.39 is 97.5 Å². The summed E-state index contributed by atoms with van der Waals surface area (Å²) in [6.45, 7) is 4.97. The minimum atomic E-state index is -4.96. The van der Waals surface area contributed by atoms with Crippen molar-refractivity contribution in [3.63, 3.8) is 0 Å². The first-order valence-electron chi connectivity index (χ1n) is 42.3. The van der Waals surface area contributed by atoms with E-state index in [-0.39, 0.29) is 25.7 Å². The Kier molecular flexibility index (Phi) is 73.8. The lowest BCUT2D eigenvalue weighted by Gasteiger charge is -2.21. The van der Waals surface area contributed by atoms with E-state index in [1.54, 1.807) is 0 Å². The van der Waals surface area contributed by atoms with Gasteiger partial charge in [-0.1, -0.05) is 387 Å². The van der Waals surface area contributed by atoms with Crippen LogP contribution in [0.5, 0.6) is 0 Å². The summed E-state index contributed by atoms with van der Waals surface area (Å²) in [5.74, 6) is -2.11. The fraction of sp³-hybridized carbons (Fsp3) is 0.951. The molecule has 0 saturated carbocycles. The van der Waals surface area contributed by atoms with Crippen molar-refractivity contribution in [1.29, 1.82) is 0 Å². The molecule has 0 aromatic carbocycles. The van der Waals surface area contributed by atoms with Gasteiger partial charge < -0.3 is 33.8 Å². The molecule has 19 heteroatoms. The van der Waals surface area contributed by atoms with E-state index in [0.29, 0.717) is 25.7 Å². The average molecular weight is 1470 g/mol. The van der Waals surface area contributed by atoms with Gasteiger partial charge in [0.25, 0.3) is 0 Å². The second kappa shape index (κ2) is 75.3. The number of hydrogen-bond acceptors (Lipinski definition) is 15. The monoisotopic (exact) mass is 1470 g/mol. The van der Waals surface area contributed by atoms with Gasteiger partial charge >= 0.3 is 39.5 Å². The van der Waals surface area contributed by atoms with Gasteiger partial charge in [-0.25, -0.2) is 9.13 Å². The fourth-order valence-corrected chi connectivity index (χ4v) is 14.2. The first kappa shape index (κ1) is 98.1. The van der Waals surface area contributed by atoms with Crippen LogP contribution in [0.3, 0.4) is 0 Å². The Labute approximate surface area is 613 Å². The topological polar surface area (TPSA) is 237 Å². The number of aliphatic hydroxyl groups excluding tert-OH is 1. The van der Waals surface area contributed by atoms with E-state index in [4.69, 9.17) is 37.0 Å². The highest BCUT2D eigenvalue weighted by molar-refractivity contribution is 7.47. The molecule has 3 N–H and O–H groups in total. The van der Waals surface area contributed by atoms with Crippen LogP contribution >= 0.6 is 15.6 Å². The molecule has 0 aliphatic rings. The minimum absolute atomic E-state index is 0.107. The molecule has 0 aromatic rings. The van der Waals surface area contributed by atoms with E-state index in [9.17, 15) is 43.2 Å². The van der Waals surface area contributed by atoms with Crippen LogP contribution in [-0.2, 0) is 65.4 Å². The maximum Gasteiger partial charge on any atom is 0.472 e. The molecule has 0 heterocycles. The van der Waals surface area contributed by atoms with Gasteiger partial charge in [-0.2, -0.15) is 0 Å². The molecule has 0 radical (unpaired) electrons. The minimum Gasteiger partial charge on any atom is -0.462 e. The van der Waals surface area contributed by atoms with Crippen molar-refractivity contribution in [3.8, 4) is 0 Å². The number of hydrogen-bond donors (Lipinski definition) is 3. The summed E-state index contributed by atoms with van der Waals surface area (Å²) in [5, 5.41) is 10.6. The van der Waals surface area contributed by atoms with Gasteiger partial charge in [-0.3, -0.25) is 37.3 Å². The number of rotatable bonds is 82. The van der Waals surface area contributed by atoms with Crippen LogP contribution in [0, 0.1) is 0 Å². The van der Waals surface area contributed by atoms with Gasteiger partial charge in [0.2, 0.25) is 0 Å². The second-order valence-corrected chi connectivity index (χ2v) is 32.1. The zero-order chi connectivity index (χ0) is 73.2. The predicted octanol–water partition coefficient (Wildman–Crippen LogP) is 24.6. The van der Waals surface area contributed by atoms with E-state index in [1.165, 1.54) is 263 Å². The van der Waals surface area contributed by atoms with Crippen molar-refractivity contribution in [2.24, 2.45) is 0 Å². The number of carbonyl (C=O) groups is 4. The number of ether oxygens (including phenoxy) is 4. The van der Waals surface area contributed by atoms with Gasteiger partial charge in [0.1, 0.15) is 19.3 Å². The molecule has 0 aliphatic carbocycles. The van der Waals surface area contributed by atoms with E-state index in [1.807, 2.05) is 0 Å². The number of esters is 4. The van der Waals surface area contributed by atoms with Gasteiger partial charge in [0.05, 0.1) is 26.4 Å². The van der Waals surface area contributed by atoms with Crippen LogP contribution in [-0.4, -0.2) is 96.7 Å².